The molecule has 2 aromatic rings. The molecule has 0 spiro atoms. The van der Waals surface area contributed by atoms with Crippen molar-refractivity contribution in [1.82, 2.24) is 25.3 Å². The first-order valence-corrected chi connectivity index (χ1v) is 9.19. The van der Waals surface area contributed by atoms with Crippen LogP contribution in [0.3, 0.4) is 0 Å². The molecule has 1 aliphatic rings. The highest BCUT2D eigenvalue weighted by atomic mass is 16.6. The molecule has 2 atom stereocenters. The van der Waals surface area contributed by atoms with Gasteiger partial charge in [0, 0.05) is 37.0 Å². The highest BCUT2D eigenvalue weighted by Crippen LogP contribution is 2.35. The number of alkyl carbamates (subject to hydrolysis) is 1. The summed E-state index contributed by atoms with van der Waals surface area (Å²) >= 11 is 0. The number of amides is 2. The van der Waals surface area contributed by atoms with Crippen molar-refractivity contribution in [3.05, 3.63) is 29.7 Å². The number of nitrogens with one attached hydrogen (secondary N) is 3. The Morgan fingerprint density at radius 2 is 2.22 bits per heavy atom. The van der Waals surface area contributed by atoms with Crippen molar-refractivity contribution in [2.24, 2.45) is 7.05 Å². The van der Waals surface area contributed by atoms with Crippen LogP contribution in [0.25, 0.3) is 0 Å². The van der Waals surface area contributed by atoms with E-state index in [1.165, 1.54) is 0 Å². The number of hydrogen-bond acceptors (Lipinski definition) is 5. The predicted octanol–water partition coefficient (Wildman–Crippen LogP) is 2.10. The topological polar surface area (TPSA) is 114 Å². The molecule has 3 N–H and O–H groups in total. The second kappa shape index (κ2) is 8.24. The standard InChI is InChI=1S/C18H26N6O3/c1-11(2)20-18(26)27-14-5-4-13(7-14)15-8-16(23-22-15)21-17(25)6-12-9-19-24(3)10-12/h8-11,13-14H,4-7H2,1-3H3,(H,20,26)(H2,21,22,23,25)/t13-,14+/m0/s1. The van der Waals surface area contributed by atoms with Crippen LogP contribution in [-0.2, 0) is 23.0 Å². The Kier molecular flexibility index (Phi) is 5.78. The molecule has 0 aromatic carbocycles. The number of nitrogens with zero attached hydrogens (tertiary/aromatic N) is 3. The van der Waals surface area contributed by atoms with Crippen molar-refractivity contribution < 1.29 is 14.3 Å². The molecule has 0 radical (unpaired) electrons. The quantitative estimate of drug-likeness (QED) is 0.716. The molecule has 27 heavy (non-hydrogen) atoms. The molecule has 2 aromatic heterocycles. The van der Waals surface area contributed by atoms with E-state index >= 15 is 0 Å². The Hall–Kier alpha value is -2.84. The van der Waals surface area contributed by atoms with E-state index in [2.05, 4.69) is 25.9 Å². The highest BCUT2D eigenvalue weighted by molar-refractivity contribution is 5.91. The third-order valence-electron chi connectivity index (χ3n) is 4.49. The molecule has 3 rings (SSSR count). The first kappa shape index (κ1) is 18.9. The Labute approximate surface area is 157 Å². The van der Waals surface area contributed by atoms with E-state index in [0.717, 1.165) is 30.5 Å². The van der Waals surface area contributed by atoms with Crippen LogP contribution >= 0.6 is 0 Å². The zero-order valence-corrected chi connectivity index (χ0v) is 15.9. The number of ether oxygens (including phenoxy) is 1. The van der Waals surface area contributed by atoms with Gasteiger partial charge >= 0.3 is 6.09 Å². The average Bonchev–Trinajstić information content (AvgIpc) is 3.28. The maximum absolute atomic E-state index is 12.1. The number of H-pyrrole nitrogens is 1. The number of aromatic amines is 1. The third kappa shape index (κ3) is 5.32. The Bertz CT molecular complexity index is 797. The summed E-state index contributed by atoms with van der Waals surface area (Å²) in [6, 6.07) is 1.91. The van der Waals surface area contributed by atoms with Gasteiger partial charge in [0.15, 0.2) is 5.82 Å². The third-order valence-corrected chi connectivity index (χ3v) is 4.49. The van der Waals surface area contributed by atoms with Crippen LogP contribution in [0, 0.1) is 0 Å². The van der Waals surface area contributed by atoms with E-state index in [-0.39, 0.29) is 36.5 Å². The summed E-state index contributed by atoms with van der Waals surface area (Å²) < 4.78 is 7.11. The summed E-state index contributed by atoms with van der Waals surface area (Å²) in [5.74, 6) is 0.596. The van der Waals surface area contributed by atoms with Crippen LogP contribution in [0.15, 0.2) is 18.5 Å². The van der Waals surface area contributed by atoms with E-state index < -0.39 is 0 Å². The summed E-state index contributed by atoms with van der Waals surface area (Å²) in [5.41, 5.74) is 1.79. The van der Waals surface area contributed by atoms with Gasteiger partial charge in [0.25, 0.3) is 0 Å². The van der Waals surface area contributed by atoms with Crippen molar-refractivity contribution in [2.75, 3.05) is 5.32 Å². The number of aryl methyl sites for hydroxylation is 1. The summed E-state index contributed by atoms with van der Waals surface area (Å²) in [7, 11) is 1.81. The molecule has 9 nitrogen and oxygen atoms in total. The largest absolute Gasteiger partial charge is 0.446 e. The zero-order valence-electron chi connectivity index (χ0n) is 15.9. The monoisotopic (exact) mass is 374 g/mol. The number of anilines is 1. The van der Waals surface area contributed by atoms with Crippen LogP contribution < -0.4 is 10.6 Å². The molecule has 0 aliphatic heterocycles. The van der Waals surface area contributed by atoms with E-state index in [0.29, 0.717) is 5.82 Å². The number of rotatable bonds is 6. The number of hydrogen-bond donors (Lipinski definition) is 3. The van der Waals surface area contributed by atoms with Gasteiger partial charge in [-0.3, -0.25) is 14.6 Å². The SMILES string of the molecule is CC(C)NC(=O)O[C@@H]1CC[C@H](c2cc(NC(=O)Cc3cnn(C)c3)n[nH]2)C1. The van der Waals surface area contributed by atoms with E-state index in [1.807, 2.05) is 33.2 Å². The van der Waals surface area contributed by atoms with Crippen LogP contribution in [0.5, 0.6) is 0 Å². The molecule has 0 saturated heterocycles. The van der Waals surface area contributed by atoms with Crippen LogP contribution in [0.4, 0.5) is 10.6 Å². The maximum atomic E-state index is 12.1. The molecule has 0 bridgehead atoms. The van der Waals surface area contributed by atoms with Crippen LogP contribution in [0.2, 0.25) is 0 Å². The molecule has 146 valence electrons. The van der Waals surface area contributed by atoms with Gasteiger partial charge in [-0.1, -0.05) is 0 Å². The van der Waals surface area contributed by atoms with Crippen LogP contribution in [-0.4, -0.2) is 44.1 Å². The summed E-state index contributed by atoms with van der Waals surface area (Å²) in [6.07, 6.45) is 5.73. The highest BCUT2D eigenvalue weighted by Gasteiger charge is 2.30. The Morgan fingerprint density at radius 1 is 1.41 bits per heavy atom. The Balaban J connectivity index is 1.49. The number of aromatic nitrogens is 4. The van der Waals surface area contributed by atoms with Crippen molar-refractivity contribution in [1.29, 1.82) is 0 Å². The van der Waals surface area contributed by atoms with Crippen LogP contribution in [0.1, 0.15) is 50.3 Å². The lowest BCUT2D eigenvalue weighted by Gasteiger charge is -2.14. The zero-order chi connectivity index (χ0) is 19.4. The van der Waals surface area contributed by atoms with Gasteiger partial charge in [0.2, 0.25) is 5.91 Å². The molecule has 1 saturated carbocycles. The average molecular weight is 374 g/mol. The van der Waals surface area contributed by atoms with Gasteiger partial charge in [-0.05, 0) is 38.7 Å². The first-order valence-electron chi connectivity index (χ1n) is 9.19. The Morgan fingerprint density at radius 3 is 2.93 bits per heavy atom. The second-order valence-corrected chi connectivity index (χ2v) is 7.29. The van der Waals surface area contributed by atoms with Crippen molar-refractivity contribution in [2.45, 2.75) is 57.6 Å². The van der Waals surface area contributed by atoms with Gasteiger partial charge in [0.1, 0.15) is 6.10 Å². The second-order valence-electron chi connectivity index (χ2n) is 7.29. The minimum Gasteiger partial charge on any atom is -0.446 e. The lowest BCUT2D eigenvalue weighted by molar-refractivity contribution is -0.115. The van der Waals surface area contributed by atoms with Gasteiger partial charge in [-0.2, -0.15) is 10.2 Å². The van der Waals surface area contributed by atoms with E-state index in [4.69, 9.17) is 4.74 Å². The van der Waals surface area contributed by atoms with Crippen molar-refractivity contribution in [3.8, 4) is 0 Å². The fraction of sp³-hybridized carbons (Fsp3) is 0.556. The molecule has 0 unspecified atom stereocenters. The van der Waals surface area contributed by atoms with E-state index in [1.54, 1.807) is 10.9 Å². The number of carbonyl (C=O) groups is 2. The minimum absolute atomic E-state index is 0.0557. The molecular formula is C18H26N6O3. The fourth-order valence-corrected chi connectivity index (χ4v) is 3.30. The molecule has 1 fully saturated rings. The van der Waals surface area contributed by atoms with Gasteiger partial charge in [0.05, 0.1) is 12.6 Å². The maximum Gasteiger partial charge on any atom is 0.407 e. The smallest absolute Gasteiger partial charge is 0.407 e. The predicted molar refractivity (Wildman–Crippen MR) is 99.3 cm³/mol. The molecule has 9 heteroatoms. The summed E-state index contributed by atoms with van der Waals surface area (Å²) in [6.45, 7) is 3.79. The van der Waals surface area contributed by atoms with Gasteiger partial charge in [-0.15, -0.1) is 0 Å². The van der Waals surface area contributed by atoms with Gasteiger partial charge in [-0.25, -0.2) is 4.79 Å². The van der Waals surface area contributed by atoms with Gasteiger partial charge < -0.3 is 15.4 Å². The fourth-order valence-electron chi connectivity index (χ4n) is 3.30. The molecular weight excluding hydrogens is 348 g/mol. The molecule has 1 aliphatic carbocycles. The van der Waals surface area contributed by atoms with Crippen molar-refractivity contribution >= 4 is 17.8 Å². The summed E-state index contributed by atoms with van der Waals surface area (Å²) in [5, 5.41) is 16.7. The lowest BCUT2D eigenvalue weighted by atomic mass is 10.0. The molecule has 2 heterocycles. The first-order chi connectivity index (χ1) is 12.9. The normalized spacial score (nSPS) is 19.3. The minimum atomic E-state index is -0.372. The number of carbonyl (C=O) groups excluding carboxylic acids is 2. The van der Waals surface area contributed by atoms with E-state index in [9.17, 15) is 9.59 Å². The van der Waals surface area contributed by atoms with Crippen molar-refractivity contribution in [3.63, 3.8) is 0 Å². The lowest BCUT2D eigenvalue weighted by Crippen LogP contribution is -2.33. The summed E-state index contributed by atoms with van der Waals surface area (Å²) in [4.78, 5) is 23.8. The molecule has 2 amide bonds.